The Balaban J connectivity index is 0.00000240. The van der Waals surface area contributed by atoms with E-state index in [1.54, 1.807) is 23.6 Å². The molecule has 0 bridgehead atoms. The standard InChI is InChI=1S/C20H26N4O4S.2ClH/c1-27-16-7-6-14(12-17(16)28-2)18(25)23-20-22-15(13-29-20)19(26)21-8-11-24-9-4-3-5-10-24;;/h6-7,12-13H,3-5,8-11H2,1-2H3,(H,21,26)(H,22,23,25);2*1H. The quantitative estimate of drug-likeness (QED) is 0.588. The number of ether oxygens (including phenoxy) is 2. The number of rotatable bonds is 8. The number of anilines is 1. The van der Waals surface area contributed by atoms with Gasteiger partial charge in [-0.05, 0) is 44.1 Å². The summed E-state index contributed by atoms with van der Waals surface area (Å²) >= 11 is 1.21. The number of aromatic nitrogens is 1. The van der Waals surface area contributed by atoms with E-state index in [9.17, 15) is 9.59 Å². The zero-order chi connectivity index (χ0) is 20.6. The minimum atomic E-state index is -0.336. The summed E-state index contributed by atoms with van der Waals surface area (Å²) in [5.41, 5.74) is 0.710. The van der Waals surface area contributed by atoms with E-state index < -0.39 is 0 Å². The van der Waals surface area contributed by atoms with Crippen LogP contribution in [0.3, 0.4) is 0 Å². The SMILES string of the molecule is COc1ccc(C(=O)Nc2nc(C(=O)NCCN3CCCCC3)cs2)cc1OC.Cl.Cl. The highest BCUT2D eigenvalue weighted by Gasteiger charge is 2.16. The molecule has 1 aromatic carbocycles. The van der Waals surface area contributed by atoms with Gasteiger partial charge in [0.1, 0.15) is 5.69 Å². The molecule has 2 aromatic rings. The van der Waals surface area contributed by atoms with Crippen molar-refractivity contribution in [1.29, 1.82) is 0 Å². The molecule has 1 saturated heterocycles. The summed E-state index contributed by atoms with van der Waals surface area (Å²) in [5, 5.41) is 7.61. The van der Waals surface area contributed by atoms with Gasteiger partial charge in [-0.2, -0.15) is 0 Å². The highest BCUT2D eigenvalue weighted by Crippen LogP contribution is 2.28. The Hall–Kier alpha value is -2.07. The lowest BCUT2D eigenvalue weighted by molar-refractivity contribution is 0.0941. The molecule has 0 aliphatic carbocycles. The molecular weight excluding hydrogens is 463 g/mol. The first kappa shape index (κ1) is 27.0. The summed E-state index contributed by atoms with van der Waals surface area (Å²) in [6, 6.07) is 4.89. The van der Waals surface area contributed by atoms with Crippen LogP contribution in [0.1, 0.15) is 40.1 Å². The Bertz CT molecular complexity index is 859. The second-order valence-electron chi connectivity index (χ2n) is 6.72. The first-order valence-corrected chi connectivity index (χ1v) is 10.5. The Morgan fingerprint density at radius 3 is 2.45 bits per heavy atom. The van der Waals surface area contributed by atoms with Crippen molar-refractivity contribution in [1.82, 2.24) is 15.2 Å². The van der Waals surface area contributed by atoms with Gasteiger partial charge in [0.15, 0.2) is 16.6 Å². The average Bonchev–Trinajstić information content (AvgIpc) is 3.22. The van der Waals surface area contributed by atoms with Crippen LogP contribution in [0.5, 0.6) is 11.5 Å². The maximum Gasteiger partial charge on any atom is 0.270 e. The molecule has 0 atom stereocenters. The van der Waals surface area contributed by atoms with E-state index in [0.717, 1.165) is 19.6 Å². The third-order valence-electron chi connectivity index (χ3n) is 4.77. The van der Waals surface area contributed by atoms with Crippen molar-refractivity contribution in [3.63, 3.8) is 0 Å². The molecular formula is C20H28Cl2N4O4S. The summed E-state index contributed by atoms with van der Waals surface area (Å²) < 4.78 is 10.4. The van der Waals surface area contributed by atoms with Crippen LogP contribution in [0, 0.1) is 0 Å². The van der Waals surface area contributed by atoms with Gasteiger partial charge in [0, 0.05) is 24.0 Å². The van der Waals surface area contributed by atoms with Gasteiger partial charge in [0.2, 0.25) is 0 Å². The molecule has 172 valence electrons. The van der Waals surface area contributed by atoms with Crippen molar-refractivity contribution in [2.75, 3.05) is 45.7 Å². The van der Waals surface area contributed by atoms with E-state index in [-0.39, 0.29) is 36.6 Å². The maximum absolute atomic E-state index is 12.5. The lowest BCUT2D eigenvalue weighted by Gasteiger charge is -2.26. The smallest absolute Gasteiger partial charge is 0.270 e. The number of nitrogens with zero attached hydrogens (tertiary/aromatic N) is 2. The number of hydrogen-bond acceptors (Lipinski definition) is 7. The van der Waals surface area contributed by atoms with E-state index in [2.05, 4.69) is 20.5 Å². The molecule has 2 heterocycles. The van der Waals surface area contributed by atoms with E-state index in [4.69, 9.17) is 9.47 Å². The van der Waals surface area contributed by atoms with E-state index in [0.29, 0.717) is 34.4 Å². The maximum atomic E-state index is 12.5. The topological polar surface area (TPSA) is 92.8 Å². The van der Waals surface area contributed by atoms with Crippen LogP contribution in [-0.4, -0.2) is 62.1 Å². The highest BCUT2D eigenvalue weighted by atomic mass is 35.5. The van der Waals surface area contributed by atoms with Crippen LogP contribution in [0.15, 0.2) is 23.6 Å². The van der Waals surface area contributed by atoms with Crippen LogP contribution in [-0.2, 0) is 0 Å². The number of nitrogens with one attached hydrogen (secondary N) is 2. The second kappa shape index (κ2) is 13.4. The third-order valence-corrected chi connectivity index (χ3v) is 5.52. The molecule has 11 heteroatoms. The first-order valence-electron chi connectivity index (χ1n) is 9.60. The summed E-state index contributed by atoms with van der Waals surface area (Å²) in [7, 11) is 3.04. The van der Waals surface area contributed by atoms with Gasteiger partial charge in [-0.15, -0.1) is 36.2 Å². The molecule has 0 radical (unpaired) electrons. The zero-order valence-corrected chi connectivity index (χ0v) is 20.0. The number of likely N-dealkylation sites (tertiary alicyclic amines) is 1. The lowest BCUT2D eigenvalue weighted by atomic mass is 10.1. The van der Waals surface area contributed by atoms with Crippen molar-refractivity contribution in [3.05, 3.63) is 34.8 Å². The van der Waals surface area contributed by atoms with Crippen LogP contribution >= 0.6 is 36.2 Å². The number of methoxy groups -OCH3 is 2. The fourth-order valence-corrected chi connectivity index (χ4v) is 3.87. The van der Waals surface area contributed by atoms with E-state index >= 15 is 0 Å². The molecule has 1 aliphatic rings. The molecule has 0 spiro atoms. The molecule has 2 amide bonds. The number of halogens is 2. The molecule has 31 heavy (non-hydrogen) atoms. The number of benzene rings is 1. The van der Waals surface area contributed by atoms with Gasteiger partial charge < -0.3 is 19.7 Å². The number of carbonyl (C=O) groups is 2. The number of hydrogen-bond donors (Lipinski definition) is 2. The number of amides is 2. The van der Waals surface area contributed by atoms with Crippen LogP contribution in [0.2, 0.25) is 0 Å². The normalized spacial score (nSPS) is 13.4. The van der Waals surface area contributed by atoms with Gasteiger partial charge in [0.25, 0.3) is 11.8 Å². The molecule has 2 N–H and O–H groups in total. The minimum absolute atomic E-state index is 0. The molecule has 0 saturated carbocycles. The number of thiazole rings is 1. The van der Waals surface area contributed by atoms with Crippen LogP contribution in [0.25, 0.3) is 0 Å². The summed E-state index contributed by atoms with van der Waals surface area (Å²) in [5.74, 6) is 0.442. The summed E-state index contributed by atoms with van der Waals surface area (Å²) in [6.45, 7) is 3.63. The zero-order valence-electron chi connectivity index (χ0n) is 17.5. The summed E-state index contributed by atoms with van der Waals surface area (Å²) in [6.07, 6.45) is 3.74. The molecule has 0 unspecified atom stereocenters. The molecule has 1 aromatic heterocycles. The number of carbonyl (C=O) groups excluding carboxylic acids is 2. The largest absolute Gasteiger partial charge is 0.493 e. The fraction of sp³-hybridized carbons (Fsp3) is 0.450. The molecule has 1 aliphatic heterocycles. The Morgan fingerprint density at radius 1 is 1.06 bits per heavy atom. The van der Waals surface area contributed by atoms with Crippen molar-refractivity contribution in [3.8, 4) is 11.5 Å². The van der Waals surface area contributed by atoms with Gasteiger partial charge >= 0.3 is 0 Å². The van der Waals surface area contributed by atoms with E-state index in [1.807, 2.05) is 0 Å². The lowest BCUT2D eigenvalue weighted by Crippen LogP contribution is -2.37. The minimum Gasteiger partial charge on any atom is -0.493 e. The van der Waals surface area contributed by atoms with E-state index in [1.165, 1.54) is 44.8 Å². The fourth-order valence-electron chi connectivity index (χ4n) is 3.18. The predicted molar refractivity (Wildman–Crippen MR) is 127 cm³/mol. The van der Waals surface area contributed by atoms with Crippen molar-refractivity contribution >= 4 is 53.1 Å². The van der Waals surface area contributed by atoms with Crippen molar-refractivity contribution < 1.29 is 19.1 Å². The summed E-state index contributed by atoms with van der Waals surface area (Å²) in [4.78, 5) is 31.3. The molecule has 8 nitrogen and oxygen atoms in total. The molecule has 1 fully saturated rings. The van der Waals surface area contributed by atoms with Gasteiger partial charge in [0.05, 0.1) is 14.2 Å². The number of piperidine rings is 1. The Kier molecular flexibility index (Phi) is 11.6. The highest BCUT2D eigenvalue weighted by molar-refractivity contribution is 7.14. The van der Waals surface area contributed by atoms with Gasteiger partial charge in [-0.1, -0.05) is 6.42 Å². The Labute approximate surface area is 198 Å². The Morgan fingerprint density at radius 2 is 1.77 bits per heavy atom. The average molecular weight is 491 g/mol. The molecule has 3 rings (SSSR count). The second-order valence-corrected chi connectivity index (χ2v) is 7.58. The van der Waals surface area contributed by atoms with Gasteiger partial charge in [-0.25, -0.2) is 4.98 Å². The van der Waals surface area contributed by atoms with Crippen LogP contribution in [0.4, 0.5) is 5.13 Å². The first-order chi connectivity index (χ1) is 14.1. The predicted octanol–water partition coefficient (Wildman–Crippen LogP) is 3.47. The van der Waals surface area contributed by atoms with Crippen LogP contribution < -0.4 is 20.1 Å². The monoisotopic (exact) mass is 490 g/mol. The van der Waals surface area contributed by atoms with Crippen molar-refractivity contribution in [2.24, 2.45) is 0 Å². The van der Waals surface area contributed by atoms with Crippen molar-refractivity contribution in [2.45, 2.75) is 19.3 Å². The third kappa shape index (κ3) is 7.53. The van der Waals surface area contributed by atoms with Gasteiger partial charge in [-0.3, -0.25) is 14.9 Å².